The Morgan fingerprint density at radius 2 is 2.19 bits per heavy atom. The molecule has 136 valence electrons. The number of fused-ring (bicyclic) bond motifs is 1. The number of pyridine rings is 1. The average molecular weight is 417 g/mol. The van der Waals surface area contributed by atoms with Crippen molar-refractivity contribution in [3.8, 4) is 0 Å². The topological polar surface area (TPSA) is 80.5 Å². The maximum Gasteiger partial charge on any atom is 0.338 e. The highest BCUT2D eigenvalue weighted by Crippen LogP contribution is 2.30. The molecule has 0 bridgehead atoms. The van der Waals surface area contributed by atoms with Gasteiger partial charge in [0.1, 0.15) is 11.2 Å². The summed E-state index contributed by atoms with van der Waals surface area (Å²) >= 11 is 3.37. The molecule has 0 aliphatic carbocycles. The minimum atomic E-state index is -0.229. The highest BCUT2D eigenvalue weighted by molar-refractivity contribution is 9.10. The molecule has 4 rings (SSSR count). The smallest absolute Gasteiger partial charge is 0.338 e. The van der Waals surface area contributed by atoms with Crippen molar-refractivity contribution in [1.29, 1.82) is 0 Å². The van der Waals surface area contributed by atoms with Crippen molar-refractivity contribution in [3.63, 3.8) is 0 Å². The quantitative estimate of drug-likeness (QED) is 0.589. The molecule has 0 unspecified atom stereocenters. The molecule has 2 aliphatic heterocycles. The summed E-state index contributed by atoms with van der Waals surface area (Å²) < 4.78 is 6.01. The predicted octanol–water partition coefficient (Wildman–Crippen LogP) is 2.25. The zero-order valence-electron chi connectivity index (χ0n) is 14.5. The zero-order chi connectivity index (χ0) is 18.3. The molecule has 1 aromatic carbocycles. The van der Waals surface area contributed by atoms with E-state index >= 15 is 0 Å². The number of hydrogen-bond acceptors (Lipinski definition) is 6. The van der Waals surface area contributed by atoms with Gasteiger partial charge in [-0.2, -0.15) is 0 Å². The molecule has 7 heteroatoms. The number of nitrogens with zero attached hydrogens (tertiary/aromatic N) is 2. The summed E-state index contributed by atoms with van der Waals surface area (Å²) in [6, 6.07) is 8.04. The lowest BCUT2D eigenvalue weighted by atomic mass is 9.92. The molecule has 2 aliphatic rings. The lowest BCUT2D eigenvalue weighted by Crippen LogP contribution is -2.56. The van der Waals surface area contributed by atoms with Crippen LogP contribution in [0.1, 0.15) is 38.7 Å². The number of halogens is 1. The Bertz CT molecular complexity index is 840. The number of nitrogens with two attached hydrogens (primary N) is 1. The Morgan fingerprint density at radius 3 is 2.96 bits per heavy atom. The van der Waals surface area contributed by atoms with Crippen molar-refractivity contribution in [2.24, 2.45) is 5.73 Å². The van der Waals surface area contributed by atoms with E-state index in [-0.39, 0.29) is 18.2 Å². The van der Waals surface area contributed by atoms with Crippen LogP contribution in [0.4, 0.5) is 0 Å². The van der Waals surface area contributed by atoms with Crippen molar-refractivity contribution >= 4 is 21.9 Å². The number of hydrogen-bond donors (Lipinski definition) is 2. The number of rotatable bonds is 3. The van der Waals surface area contributed by atoms with E-state index in [2.05, 4.69) is 44.1 Å². The predicted molar refractivity (Wildman–Crippen MR) is 101 cm³/mol. The van der Waals surface area contributed by atoms with Crippen LogP contribution in [0.2, 0.25) is 0 Å². The van der Waals surface area contributed by atoms with Crippen LogP contribution < -0.4 is 11.1 Å². The van der Waals surface area contributed by atoms with Gasteiger partial charge in [-0.1, -0.05) is 12.1 Å². The number of nitrogens with one attached hydrogen (secondary N) is 1. The Balaban J connectivity index is 1.55. The fourth-order valence-corrected chi connectivity index (χ4v) is 4.03. The summed E-state index contributed by atoms with van der Waals surface area (Å²) in [6.45, 7) is 4.84. The number of aromatic nitrogens is 1. The van der Waals surface area contributed by atoms with Gasteiger partial charge in [0.2, 0.25) is 0 Å². The highest BCUT2D eigenvalue weighted by atomic mass is 79.9. The largest absolute Gasteiger partial charge is 0.457 e. The summed E-state index contributed by atoms with van der Waals surface area (Å²) in [5.74, 6) is -0.229. The molecule has 0 radical (unpaired) electrons. The average Bonchev–Trinajstić information content (AvgIpc) is 2.99. The Kier molecular flexibility index (Phi) is 4.79. The van der Waals surface area contributed by atoms with Crippen LogP contribution in [-0.2, 0) is 17.9 Å². The van der Waals surface area contributed by atoms with Crippen molar-refractivity contribution in [2.45, 2.75) is 32.3 Å². The first-order chi connectivity index (χ1) is 12.5. The molecule has 0 spiro atoms. The van der Waals surface area contributed by atoms with Crippen molar-refractivity contribution < 1.29 is 9.53 Å². The van der Waals surface area contributed by atoms with E-state index in [1.165, 1.54) is 5.56 Å². The zero-order valence-corrected chi connectivity index (χ0v) is 16.1. The molecular weight excluding hydrogens is 396 g/mol. The van der Waals surface area contributed by atoms with Gasteiger partial charge in [0, 0.05) is 37.4 Å². The standard InChI is InChI=1S/C19H21BrN4O2/c1-11-13(3-4-14-15(11)10-26-19(14)25)16-8-24(9-18(21)23-16)7-12-2-5-17(20)22-6-12/h2-6,16,18,23H,7-10,21H2,1H3/t16-,18+/m0/s1. The monoisotopic (exact) mass is 416 g/mol. The second-order valence-corrected chi connectivity index (χ2v) is 7.70. The molecular formula is C19H21BrN4O2. The van der Waals surface area contributed by atoms with Gasteiger partial charge in [0.15, 0.2) is 0 Å². The van der Waals surface area contributed by atoms with E-state index in [1.54, 1.807) is 0 Å². The molecule has 0 amide bonds. The van der Waals surface area contributed by atoms with Gasteiger partial charge in [-0.15, -0.1) is 0 Å². The van der Waals surface area contributed by atoms with E-state index in [0.717, 1.165) is 40.9 Å². The maximum atomic E-state index is 11.8. The van der Waals surface area contributed by atoms with Crippen LogP contribution in [0, 0.1) is 6.92 Å². The number of piperazine rings is 1. The summed E-state index contributed by atoms with van der Waals surface area (Å²) in [5.41, 5.74) is 11.4. The number of carbonyl (C=O) groups excluding carboxylic acids is 1. The SMILES string of the molecule is Cc1c([C@@H]2CN(Cc3ccc(Br)nc3)C[C@H](N)N2)ccc2c1COC2=O. The highest BCUT2D eigenvalue weighted by Gasteiger charge is 2.30. The number of cyclic esters (lactones) is 1. The maximum absolute atomic E-state index is 11.8. The molecule has 2 atom stereocenters. The molecule has 3 heterocycles. The first-order valence-corrected chi connectivity index (χ1v) is 9.44. The third-order valence-corrected chi connectivity index (χ3v) is 5.56. The minimum Gasteiger partial charge on any atom is -0.457 e. The van der Waals surface area contributed by atoms with Crippen LogP contribution in [0.3, 0.4) is 0 Å². The molecule has 26 heavy (non-hydrogen) atoms. The van der Waals surface area contributed by atoms with Crippen molar-refractivity contribution in [3.05, 3.63) is 62.9 Å². The molecule has 1 aromatic heterocycles. The first-order valence-electron chi connectivity index (χ1n) is 8.65. The molecule has 1 saturated heterocycles. The fraction of sp³-hybridized carbons (Fsp3) is 0.368. The van der Waals surface area contributed by atoms with E-state index in [4.69, 9.17) is 10.5 Å². The summed E-state index contributed by atoms with van der Waals surface area (Å²) in [6.07, 6.45) is 1.78. The van der Waals surface area contributed by atoms with Gasteiger partial charge in [-0.3, -0.25) is 10.2 Å². The van der Waals surface area contributed by atoms with Gasteiger partial charge in [0.25, 0.3) is 0 Å². The fourth-order valence-electron chi connectivity index (χ4n) is 3.80. The number of benzene rings is 1. The molecule has 1 fully saturated rings. The van der Waals surface area contributed by atoms with E-state index in [9.17, 15) is 4.79 Å². The Labute approximate surface area is 160 Å². The minimum absolute atomic E-state index is 0.109. The van der Waals surface area contributed by atoms with Crippen molar-refractivity contribution in [2.75, 3.05) is 13.1 Å². The number of esters is 1. The first kappa shape index (κ1) is 17.6. The van der Waals surface area contributed by atoms with Crippen LogP contribution in [0.25, 0.3) is 0 Å². The van der Waals surface area contributed by atoms with Crippen molar-refractivity contribution in [1.82, 2.24) is 15.2 Å². The third-order valence-electron chi connectivity index (χ3n) is 5.09. The van der Waals surface area contributed by atoms with Crippen LogP contribution >= 0.6 is 15.9 Å². The molecule has 2 aromatic rings. The van der Waals surface area contributed by atoms with Crippen LogP contribution in [-0.4, -0.2) is 35.1 Å². The second-order valence-electron chi connectivity index (χ2n) is 6.89. The summed E-state index contributed by atoms with van der Waals surface area (Å²) in [7, 11) is 0. The van der Waals surface area contributed by atoms with Crippen LogP contribution in [0.5, 0.6) is 0 Å². The lowest BCUT2D eigenvalue weighted by molar-refractivity contribution is 0.0535. The van der Waals surface area contributed by atoms with Gasteiger partial charge in [-0.25, -0.2) is 9.78 Å². The molecule has 3 N–H and O–H groups in total. The molecule has 0 saturated carbocycles. The normalized spacial score (nSPS) is 23.0. The van der Waals surface area contributed by atoms with E-state index in [1.807, 2.05) is 24.4 Å². The van der Waals surface area contributed by atoms with Gasteiger partial charge >= 0.3 is 5.97 Å². The van der Waals surface area contributed by atoms with Gasteiger partial charge in [-0.05, 0) is 51.7 Å². The third kappa shape index (κ3) is 3.40. The number of ether oxygens (including phenoxy) is 1. The van der Waals surface area contributed by atoms with Gasteiger partial charge < -0.3 is 10.5 Å². The Hall–Kier alpha value is -1.80. The summed E-state index contributed by atoms with van der Waals surface area (Å²) in [4.78, 5) is 18.4. The lowest BCUT2D eigenvalue weighted by Gasteiger charge is -2.38. The summed E-state index contributed by atoms with van der Waals surface area (Å²) in [5, 5.41) is 3.49. The second kappa shape index (κ2) is 7.08. The van der Waals surface area contributed by atoms with Crippen LogP contribution in [0.15, 0.2) is 35.1 Å². The van der Waals surface area contributed by atoms with E-state index < -0.39 is 0 Å². The number of carbonyl (C=O) groups is 1. The molecule has 6 nitrogen and oxygen atoms in total. The Morgan fingerprint density at radius 1 is 1.35 bits per heavy atom. The van der Waals surface area contributed by atoms with Gasteiger partial charge in [0.05, 0.1) is 11.7 Å². The van der Waals surface area contributed by atoms with E-state index in [0.29, 0.717) is 12.2 Å².